The number of hydrogen-bond donors (Lipinski definition) is 0. The van der Waals surface area contributed by atoms with Gasteiger partial charge in [0, 0.05) is 13.5 Å². The number of fused-ring (bicyclic) bond motifs is 3. The molecule has 4 aromatic rings. The Morgan fingerprint density at radius 3 is 2.50 bits per heavy atom. The van der Waals surface area contributed by atoms with Crippen molar-refractivity contribution < 1.29 is 13.2 Å². The van der Waals surface area contributed by atoms with Crippen molar-refractivity contribution in [1.82, 2.24) is 19.6 Å². The third-order valence-corrected chi connectivity index (χ3v) is 6.81. The fourth-order valence-corrected chi connectivity index (χ4v) is 4.50. The van der Waals surface area contributed by atoms with Crippen molar-refractivity contribution in [2.75, 3.05) is 18.5 Å². The summed E-state index contributed by atoms with van der Waals surface area (Å²) in [6.07, 6.45) is 2.74. The number of anilines is 1. The van der Waals surface area contributed by atoms with Crippen LogP contribution in [-0.4, -0.2) is 42.2 Å². The number of aryl methyl sites for hydroxylation is 1. The molecule has 0 atom stereocenters. The molecule has 8 nitrogen and oxygen atoms in total. The van der Waals surface area contributed by atoms with Crippen molar-refractivity contribution in [3.8, 4) is 5.75 Å². The number of nitrogens with zero attached hydrogens (tertiary/aromatic N) is 5. The molecular weight excluding hydrogens is 402 g/mol. The zero-order valence-corrected chi connectivity index (χ0v) is 17.9. The van der Waals surface area contributed by atoms with Crippen LogP contribution in [0.25, 0.3) is 16.7 Å². The molecule has 0 fully saturated rings. The largest absolute Gasteiger partial charge is 0.497 e. The number of methoxy groups -OCH3 is 1. The van der Waals surface area contributed by atoms with E-state index in [1.54, 1.807) is 12.1 Å². The number of hydrogen-bond acceptors (Lipinski definition) is 6. The molecule has 0 aliphatic heterocycles. The summed E-state index contributed by atoms with van der Waals surface area (Å²) in [5.74, 6) is 1.61. The normalized spacial score (nSPS) is 11.8. The zero-order valence-electron chi connectivity index (χ0n) is 17.1. The Morgan fingerprint density at radius 1 is 1.07 bits per heavy atom. The number of benzene rings is 2. The van der Waals surface area contributed by atoms with E-state index < -0.39 is 10.0 Å². The summed E-state index contributed by atoms with van der Waals surface area (Å²) < 4.78 is 34.8. The zero-order chi connectivity index (χ0) is 21.3. The minimum absolute atomic E-state index is 0.143. The lowest BCUT2D eigenvalue weighted by molar-refractivity contribution is 0.414. The Morgan fingerprint density at radius 2 is 1.80 bits per heavy atom. The summed E-state index contributed by atoms with van der Waals surface area (Å²) in [6.45, 7) is 2.11. The number of aromatic nitrogens is 4. The standard InChI is InChI=1S/C21H23N5O3S/c1-4-5-10-19-23-24-21-20(22-17-8-6-7-9-18(17)26(19)21)25(2)30(27,28)16-13-11-15(29-3)12-14-16/h6-9,11-14H,4-5,10H2,1-3H3. The SMILES string of the molecule is CCCCc1nnc2c(N(C)S(=O)(=O)c3ccc(OC)cc3)nc3ccccc3n12. The molecule has 0 amide bonds. The second-order valence-corrected chi connectivity index (χ2v) is 8.92. The Bertz CT molecular complexity index is 1300. The fraction of sp³-hybridized carbons (Fsp3) is 0.286. The lowest BCUT2D eigenvalue weighted by Crippen LogP contribution is -2.28. The van der Waals surface area contributed by atoms with E-state index >= 15 is 0 Å². The van der Waals surface area contributed by atoms with Crippen molar-refractivity contribution in [3.05, 3.63) is 54.4 Å². The quantitative estimate of drug-likeness (QED) is 0.450. The predicted molar refractivity (Wildman–Crippen MR) is 115 cm³/mol. The van der Waals surface area contributed by atoms with E-state index in [2.05, 4.69) is 22.1 Å². The topological polar surface area (TPSA) is 89.7 Å². The summed E-state index contributed by atoms with van der Waals surface area (Å²) in [6, 6.07) is 13.8. The average molecular weight is 426 g/mol. The van der Waals surface area contributed by atoms with Crippen LogP contribution < -0.4 is 9.04 Å². The monoisotopic (exact) mass is 425 g/mol. The van der Waals surface area contributed by atoms with E-state index in [0.717, 1.165) is 34.9 Å². The predicted octanol–water partition coefficient (Wildman–Crippen LogP) is 3.45. The van der Waals surface area contributed by atoms with Crippen LogP contribution in [0.15, 0.2) is 53.4 Å². The summed E-state index contributed by atoms with van der Waals surface area (Å²) >= 11 is 0. The molecule has 156 valence electrons. The van der Waals surface area contributed by atoms with Crippen LogP contribution >= 0.6 is 0 Å². The van der Waals surface area contributed by atoms with Crippen LogP contribution in [0.3, 0.4) is 0 Å². The third kappa shape index (κ3) is 3.35. The molecular formula is C21H23N5O3S. The maximum absolute atomic E-state index is 13.3. The number of unbranched alkanes of at least 4 members (excludes halogenated alkanes) is 1. The lowest BCUT2D eigenvalue weighted by atomic mass is 10.2. The first-order valence-electron chi connectivity index (χ1n) is 9.73. The second-order valence-electron chi connectivity index (χ2n) is 6.95. The lowest BCUT2D eigenvalue weighted by Gasteiger charge is -2.20. The third-order valence-electron chi connectivity index (χ3n) is 5.05. The Balaban J connectivity index is 1.89. The maximum Gasteiger partial charge on any atom is 0.265 e. The molecule has 0 saturated heterocycles. The smallest absolute Gasteiger partial charge is 0.265 e. The van der Waals surface area contributed by atoms with Gasteiger partial charge < -0.3 is 4.74 Å². The van der Waals surface area contributed by atoms with Crippen molar-refractivity contribution in [1.29, 1.82) is 0 Å². The van der Waals surface area contributed by atoms with Crippen LogP contribution in [0.1, 0.15) is 25.6 Å². The van der Waals surface area contributed by atoms with E-state index in [1.165, 1.54) is 26.3 Å². The first kappa shape index (κ1) is 20.1. The molecule has 2 heterocycles. The van der Waals surface area contributed by atoms with Gasteiger partial charge in [-0.3, -0.25) is 4.40 Å². The maximum atomic E-state index is 13.3. The highest BCUT2D eigenvalue weighted by molar-refractivity contribution is 7.92. The van der Waals surface area contributed by atoms with Crippen LogP contribution in [0, 0.1) is 0 Å². The fourth-order valence-electron chi connectivity index (χ4n) is 3.35. The number of para-hydroxylation sites is 2. The van der Waals surface area contributed by atoms with Crippen LogP contribution in [0.4, 0.5) is 5.82 Å². The number of ether oxygens (including phenoxy) is 1. The molecule has 0 radical (unpaired) electrons. The first-order valence-corrected chi connectivity index (χ1v) is 11.2. The van der Waals surface area contributed by atoms with E-state index in [-0.39, 0.29) is 10.7 Å². The van der Waals surface area contributed by atoms with Gasteiger partial charge in [-0.05, 0) is 42.8 Å². The average Bonchev–Trinajstić information content (AvgIpc) is 3.21. The summed E-state index contributed by atoms with van der Waals surface area (Å²) in [5.41, 5.74) is 1.94. The molecule has 0 N–H and O–H groups in total. The van der Waals surface area contributed by atoms with Crippen molar-refractivity contribution in [2.24, 2.45) is 0 Å². The highest BCUT2D eigenvalue weighted by Crippen LogP contribution is 2.28. The van der Waals surface area contributed by atoms with Gasteiger partial charge in [0.2, 0.25) is 5.65 Å². The minimum atomic E-state index is -3.85. The Hall–Kier alpha value is -3.20. The van der Waals surface area contributed by atoms with Gasteiger partial charge in [-0.1, -0.05) is 25.5 Å². The molecule has 0 unspecified atom stereocenters. The van der Waals surface area contributed by atoms with Gasteiger partial charge in [-0.25, -0.2) is 17.7 Å². The van der Waals surface area contributed by atoms with Crippen LogP contribution in [0.2, 0.25) is 0 Å². The molecule has 9 heteroatoms. The molecule has 0 aliphatic carbocycles. The van der Waals surface area contributed by atoms with Crippen LogP contribution in [0.5, 0.6) is 5.75 Å². The summed E-state index contributed by atoms with van der Waals surface area (Å²) in [4.78, 5) is 4.76. The molecule has 30 heavy (non-hydrogen) atoms. The van der Waals surface area contributed by atoms with Crippen molar-refractivity contribution in [3.63, 3.8) is 0 Å². The first-order chi connectivity index (χ1) is 14.5. The Kier molecular flexibility index (Phi) is 5.29. The van der Waals surface area contributed by atoms with E-state index in [0.29, 0.717) is 16.9 Å². The van der Waals surface area contributed by atoms with Gasteiger partial charge in [0.1, 0.15) is 11.6 Å². The van der Waals surface area contributed by atoms with Gasteiger partial charge in [0.05, 0.1) is 23.0 Å². The second kappa shape index (κ2) is 7.91. The van der Waals surface area contributed by atoms with Crippen molar-refractivity contribution in [2.45, 2.75) is 31.1 Å². The molecule has 0 spiro atoms. The highest BCUT2D eigenvalue weighted by Gasteiger charge is 2.27. The molecule has 0 aliphatic rings. The van der Waals surface area contributed by atoms with Gasteiger partial charge in [0.15, 0.2) is 5.82 Å². The Labute approximate surface area is 175 Å². The van der Waals surface area contributed by atoms with Gasteiger partial charge in [-0.2, -0.15) is 0 Å². The number of sulfonamides is 1. The molecule has 4 rings (SSSR count). The number of rotatable bonds is 7. The van der Waals surface area contributed by atoms with Gasteiger partial charge >= 0.3 is 0 Å². The van der Waals surface area contributed by atoms with E-state index in [1.807, 2.05) is 28.7 Å². The molecule has 0 saturated carbocycles. The summed E-state index contributed by atoms with van der Waals surface area (Å²) in [7, 11) is -0.833. The van der Waals surface area contributed by atoms with Crippen LogP contribution in [-0.2, 0) is 16.4 Å². The van der Waals surface area contributed by atoms with Gasteiger partial charge in [-0.15, -0.1) is 10.2 Å². The highest BCUT2D eigenvalue weighted by atomic mass is 32.2. The molecule has 2 aromatic heterocycles. The minimum Gasteiger partial charge on any atom is -0.497 e. The van der Waals surface area contributed by atoms with Crippen molar-refractivity contribution >= 4 is 32.5 Å². The van der Waals surface area contributed by atoms with E-state index in [9.17, 15) is 8.42 Å². The summed E-state index contributed by atoms with van der Waals surface area (Å²) in [5, 5.41) is 8.64. The molecule has 2 aromatic carbocycles. The molecule has 0 bridgehead atoms. The van der Waals surface area contributed by atoms with E-state index in [4.69, 9.17) is 4.74 Å². The van der Waals surface area contributed by atoms with Gasteiger partial charge in [0.25, 0.3) is 10.0 Å².